The Labute approximate surface area is 175 Å². The molecule has 0 bridgehead atoms. The highest BCUT2D eigenvalue weighted by atomic mass is 16.5. The molecule has 1 aromatic carbocycles. The summed E-state index contributed by atoms with van der Waals surface area (Å²) in [5, 5.41) is 13.4. The highest BCUT2D eigenvalue weighted by molar-refractivity contribution is 5.83. The van der Waals surface area contributed by atoms with Crippen molar-refractivity contribution in [2.75, 3.05) is 46.9 Å². The number of piperazine rings is 1. The quantitative estimate of drug-likeness (QED) is 0.650. The number of hydrogen-bond acceptors (Lipinski definition) is 7. The van der Waals surface area contributed by atoms with Crippen LogP contribution in [0.3, 0.4) is 0 Å². The summed E-state index contributed by atoms with van der Waals surface area (Å²) in [5.41, 5.74) is 3.68. The number of nitrogens with one attached hydrogen (secondary N) is 1. The molecule has 2 aromatic heterocycles. The third-order valence-corrected chi connectivity index (χ3v) is 5.83. The molecular weight excluding hydrogens is 382 g/mol. The van der Waals surface area contributed by atoms with Crippen molar-refractivity contribution in [3.63, 3.8) is 0 Å². The van der Waals surface area contributed by atoms with Crippen LogP contribution < -0.4 is 5.56 Å². The Bertz CT molecular complexity index is 1080. The molecule has 3 heterocycles. The second kappa shape index (κ2) is 8.63. The lowest BCUT2D eigenvalue weighted by Crippen LogP contribution is -2.47. The fraction of sp³-hybridized carbons (Fsp3) is 0.524. The molecule has 3 aromatic rings. The standard InChI is InChI=1S/C21H29N7O2/c1-14-11-15(2)18-16(12-14)13-17(21(29)22-18)19(27-7-5-26(3)6-8-27)20-23-24-25-28(20)9-10-30-4/h11-13,19H,5-10H2,1-4H3,(H,22,29)/t19-/m0/s1. The zero-order valence-electron chi connectivity index (χ0n) is 18.1. The first-order valence-corrected chi connectivity index (χ1v) is 10.3. The second-order valence-corrected chi connectivity index (χ2v) is 8.09. The van der Waals surface area contributed by atoms with E-state index in [0.29, 0.717) is 24.5 Å². The van der Waals surface area contributed by atoms with Crippen LogP contribution in [-0.4, -0.2) is 81.9 Å². The van der Waals surface area contributed by atoms with E-state index in [9.17, 15) is 4.79 Å². The van der Waals surface area contributed by atoms with Gasteiger partial charge in [-0.3, -0.25) is 9.69 Å². The lowest BCUT2D eigenvalue weighted by atomic mass is 10.00. The number of likely N-dealkylation sites (N-methyl/N-ethyl adjacent to an activating group) is 1. The Hall–Kier alpha value is -2.62. The Morgan fingerprint density at radius 1 is 1.17 bits per heavy atom. The highest BCUT2D eigenvalue weighted by Crippen LogP contribution is 2.28. The van der Waals surface area contributed by atoms with E-state index in [0.717, 1.165) is 42.6 Å². The number of aromatic nitrogens is 5. The Morgan fingerprint density at radius 3 is 2.67 bits per heavy atom. The molecule has 0 amide bonds. The first kappa shape index (κ1) is 20.6. The van der Waals surface area contributed by atoms with Crippen LogP contribution in [-0.2, 0) is 11.3 Å². The molecule has 0 saturated carbocycles. The number of methoxy groups -OCH3 is 1. The maximum atomic E-state index is 13.2. The average Bonchev–Trinajstić information content (AvgIpc) is 3.17. The van der Waals surface area contributed by atoms with E-state index in [-0.39, 0.29) is 11.6 Å². The lowest BCUT2D eigenvalue weighted by Gasteiger charge is -2.37. The van der Waals surface area contributed by atoms with Gasteiger partial charge in [0.25, 0.3) is 5.56 Å². The van der Waals surface area contributed by atoms with Gasteiger partial charge >= 0.3 is 0 Å². The molecule has 1 aliphatic heterocycles. The third kappa shape index (κ3) is 4.00. The highest BCUT2D eigenvalue weighted by Gasteiger charge is 2.32. The van der Waals surface area contributed by atoms with Crippen LogP contribution in [0.15, 0.2) is 23.0 Å². The molecule has 1 aliphatic rings. The number of aryl methyl sites for hydroxylation is 2. The fourth-order valence-electron chi connectivity index (χ4n) is 4.23. The maximum Gasteiger partial charge on any atom is 0.253 e. The molecule has 30 heavy (non-hydrogen) atoms. The normalized spacial score (nSPS) is 16.9. The second-order valence-electron chi connectivity index (χ2n) is 8.09. The predicted octanol–water partition coefficient (Wildman–Crippen LogP) is 1.11. The summed E-state index contributed by atoms with van der Waals surface area (Å²) in [6.45, 7) is 8.66. The smallest absolute Gasteiger partial charge is 0.253 e. The number of tetrazole rings is 1. The van der Waals surface area contributed by atoms with E-state index in [1.807, 2.05) is 13.0 Å². The van der Waals surface area contributed by atoms with Crippen molar-refractivity contribution in [1.82, 2.24) is 35.0 Å². The molecular formula is C21H29N7O2. The number of H-pyrrole nitrogens is 1. The van der Waals surface area contributed by atoms with E-state index in [4.69, 9.17) is 4.74 Å². The molecule has 160 valence electrons. The van der Waals surface area contributed by atoms with Crippen LogP contribution >= 0.6 is 0 Å². The first-order chi connectivity index (χ1) is 14.5. The first-order valence-electron chi connectivity index (χ1n) is 10.3. The molecule has 1 fully saturated rings. The van der Waals surface area contributed by atoms with Crippen molar-refractivity contribution >= 4 is 10.9 Å². The summed E-state index contributed by atoms with van der Waals surface area (Å²) in [6, 6.07) is 5.88. The van der Waals surface area contributed by atoms with Crippen LogP contribution in [0.2, 0.25) is 0 Å². The summed E-state index contributed by atoms with van der Waals surface area (Å²) >= 11 is 0. The van der Waals surface area contributed by atoms with Gasteiger partial charge in [-0.1, -0.05) is 11.6 Å². The van der Waals surface area contributed by atoms with Gasteiger partial charge in [-0.2, -0.15) is 0 Å². The molecule has 9 heteroatoms. The van der Waals surface area contributed by atoms with Gasteiger partial charge in [-0.05, 0) is 54.4 Å². The van der Waals surface area contributed by atoms with E-state index in [2.05, 4.69) is 56.4 Å². The molecule has 4 rings (SSSR count). The van der Waals surface area contributed by atoms with E-state index in [1.54, 1.807) is 11.8 Å². The van der Waals surface area contributed by atoms with Crippen LogP contribution in [0, 0.1) is 13.8 Å². The van der Waals surface area contributed by atoms with E-state index < -0.39 is 0 Å². The van der Waals surface area contributed by atoms with Crippen molar-refractivity contribution in [1.29, 1.82) is 0 Å². The number of nitrogens with zero attached hydrogens (tertiary/aromatic N) is 6. The van der Waals surface area contributed by atoms with Gasteiger partial charge in [0.15, 0.2) is 5.82 Å². The van der Waals surface area contributed by atoms with Crippen LogP contribution in [0.25, 0.3) is 10.9 Å². The number of aromatic amines is 1. The van der Waals surface area contributed by atoms with Crippen molar-refractivity contribution in [2.24, 2.45) is 0 Å². The van der Waals surface area contributed by atoms with Gasteiger partial charge in [0, 0.05) is 38.9 Å². The van der Waals surface area contributed by atoms with Crippen molar-refractivity contribution in [3.8, 4) is 0 Å². The van der Waals surface area contributed by atoms with Crippen molar-refractivity contribution in [2.45, 2.75) is 26.4 Å². The van der Waals surface area contributed by atoms with Crippen molar-refractivity contribution in [3.05, 3.63) is 51.1 Å². The summed E-state index contributed by atoms with van der Waals surface area (Å²) in [5.74, 6) is 0.672. The zero-order chi connectivity index (χ0) is 21.3. The Kier molecular flexibility index (Phi) is 5.94. The molecule has 0 aliphatic carbocycles. The maximum absolute atomic E-state index is 13.2. The van der Waals surface area contributed by atoms with Gasteiger partial charge in [0.2, 0.25) is 0 Å². The third-order valence-electron chi connectivity index (χ3n) is 5.83. The minimum atomic E-state index is -0.320. The molecule has 0 spiro atoms. The topological polar surface area (TPSA) is 92.2 Å². The van der Waals surface area contributed by atoms with Gasteiger partial charge in [-0.25, -0.2) is 4.68 Å². The van der Waals surface area contributed by atoms with Crippen LogP contribution in [0.4, 0.5) is 0 Å². The molecule has 9 nitrogen and oxygen atoms in total. The number of fused-ring (bicyclic) bond motifs is 1. The number of pyridine rings is 1. The van der Waals surface area contributed by atoms with E-state index in [1.165, 1.54) is 5.56 Å². The van der Waals surface area contributed by atoms with E-state index >= 15 is 0 Å². The predicted molar refractivity (Wildman–Crippen MR) is 115 cm³/mol. The van der Waals surface area contributed by atoms with Gasteiger partial charge in [0.05, 0.1) is 18.7 Å². The molecule has 1 atom stereocenters. The van der Waals surface area contributed by atoms with Gasteiger partial charge < -0.3 is 14.6 Å². The van der Waals surface area contributed by atoms with Crippen LogP contribution in [0.1, 0.15) is 28.6 Å². The molecule has 0 unspecified atom stereocenters. The fourth-order valence-corrected chi connectivity index (χ4v) is 4.23. The zero-order valence-corrected chi connectivity index (χ0v) is 18.1. The Morgan fingerprint density at radius 2 is 1.93 bits per heavy atom. The monoisotopic (exact) mass is 411 g/mol. The number of hydrogen-bond donors (Lipinski definition) is 1. The number of benzene rings is 1. The number of ether oxygens (including phenoxy) is 1. The molecule has 1 saturated heterocycles. The number of rotatable bonds is 6. The van der Waals surface area contributed by atoms with Gasteiger partial charge in [-0.15, -0.1) is 5.10 Å². The lowest BCUT2D eigenvalue weighted by molar-refractivity contribution is 0.119. The average molecular weight is 412 g/mol. The Balaban J connectivity index is 1.85. The van der Waals surface area contributed by atoms with Gasteiger partial charge in [0.1, 0.15) is 6.04 Å². The summed E-state index contributed by atoms with van der Waals surface area (Å²) in [4.78, 5) is 20.9. The van der Waals surface area contributed by atoms with Crippen LogP contribution in [0.5, 0.6) is 0 Å². The van der Waals surface area contributed by atoms with Crippen molar-refractivity contribution < 1.29 is 4.74 Å². The SMILES string of the molecule is COCCn1nnnc1[C@H](c1cc2cc(C)cc(C)c2[nH]c1=O)N1CCN(C)CC1. The minimum Gasteiger partial charge on any atom is -0.383 e. The largest absolute Gasteiger partial charge is 0.383 e. The minimum absolute atomic E-state index is 0.0975. The summed E-state index contributed by atoms with van der Waals surface area (Å²) < 4.78 is 6.97. The molecule has 0 radical (unpaired) electrons. The summed E-state index contributed by atoms with van der Waals surface area (Å²) in [7, 11) is 3.77. The molecule has 1 N–H and O–H groups in total. The summed E-state index contributed by atoms with van der Waals surface area (Å²) in [6.07, 6.45) is 0.